The summed E-state index contributed by atoms with van der Waals surface area (Å²) >= 11 is 0. The lowest BCUT2D eigenvalue weighted by Crippen LogP contribution is -2.09. The monoisotopic (exact) mass is 675 g/mol. The number of rotatable bonds is 5. The Morgan fingerprint density at radius 3 is 1.62 bits per heavy atom. The predicted octanol–water partition coefficient (Wildman–Crippen LogP) is 12.2. The number of nitrogens with zero attached hydrogens (tertiary/aromatic N) is 5. The van der Waals surface area contributed by atoms with Gasteiger partial charge in [-0.2, -0.15) is 10.5 Å². The highest BCUT2D eigenvalue weighted by molar-refractivity contribution is 6.22. The average Bonchev–Trinajstić information content (AvgIpc) is 3.74. The third-order valence-electron chi connectivity index (χ3n) is 10.4. The standard InChI is InChI=1S/C48H29N5/c49-30-33-24-26-45(41(31-50)48(33)53-42-21-11-9-19-38(42)39-20-10-12-22-43(39)53)52-44-28-25-36(51(34-14-3-1-4-15-34)35-16-5-2-6-17-35)29-40(44)47-37-18-8-7-13-32(37)23-27-46(47)52/h1-29H. The number of hydrogen-bond donors (Lipinski definition) is 0. The predicted molar refractivity (Wildman–Crippen MR) is 217 cm³/mol. The van der Waals surface area contributed by atoms with Crippen LogP contribution in [0.4, 0.5) is 17.1 Å². The molecule has 0 N–H and O–H groups in total. The van der Waals surface area contributed by atoms with E-state index < -0.39 is 0 Å². The van der Waals surface area contributed by atoms with E-state index in [0.717, 1.165) is 77.1 Å². The highest BCUT2D eigenvalue weighted by atomic mass is 15.1. The smallest absolute Gasteiger partial charge is 0.104 e. The molecule has 2 aromatic heterocycles. The number of nitriles is 2. The van der Waals surface area contributed by atoms with Gasteiger partial charge in [0.25, 0.3) is 0 Å². The summed E-state index contributed by atoms with van der Waals surface area (Å²) in [5.41, 5.74) is 9.14. The van der Waals surface area contributed by atoms with Crippen molar-refractivity contribution in [3.8, 4) is 23.5 Å². The highest BCUT2D eigenvalue weighted by Gasteiger charge is 2.24. The Kier molecular flexibility index (Phi) is 6.86. The van der Waals surface area contributed by atoms with E-state index in [2.05, 4.69) is 154 Å². The molecule has 246 valence electrons. The Morgan fingerprint density at radius 1 is 0.415 bits per heavy atom. The van der Waals surface area contributed by atoms with Gasteiger partial charge in [0.1, 0.15) is 17.7 Å². The van der Waals surface area contributed by atoms with E-state index in [-0.39, 0.29) is 0 Å². The zero-order valence-electron chi connectivity index (χ0n) is 28.5. The summed E-state index contributed by atoms with van der Waals surface area (Å²) in [6.45, 7) is 0. The molecule has 0 spiro atoms. The molecule has 0 unspecified atom stereocenters. The third-order valence-corrected chi connectivity index (χ3v) is 10.4. The lowest BCUT2D eigenvalue weighted by Gasteiger charge is -2.25. The molecule has 0 amide bonds. The Bertz CT molecular complexity index is 3050. The van der Waals surface area contributed by atoms with Gasteiger partial charge < -0.3 is 14.0 Å². The first-order valence-corrected chi connectivity index (χ1v) is 17.6. The first-order valence-electron chi connectivity index (χ1n) is 17.6. The fourth-order valence-corrected chi connectivity index (χ4v) is 8.14. The zero-order chi connectivity index (χ0) is 35.5. The maximum Gasteiger partial charge on any atom is 0.104 e. The second kappa shape index (κ2) is 12.0. The largest absolute Gasteiger partial charge is 0.310 e. The van der Waals surface area contributed by atoms with Crippen LogP contribution in [0.15, 0.2) is 176 Å². The number of aromatic nitrogens is 2. The number of hydrogen-bond acceptors (Lipinski definition) is 3. The fraction of sp³-hybridized carbons (Fsp3) is 0. The van der Waals surface area contributed by atoms with Crippen molar-refractivity contribution in [2.75, 3.05) is 4.90 Å². The van der Waals surface area contributed by atoms with Crippen LogP contribution in [0.3, 0.4) is 0 Å². The first kappa shape index (κ1) is 30.2. The molecule has 0 aliphatic carbocycles. The fourth-order valence-electron chi connectivity index (χ4n) is 8.14. The lowest BCUT2D eigenvalue weighted by atomic mass is 10.0. The summed E-state index contributed by atoms with van der Waals surface area (Å²) in [7, 11) is 0. The van der Waals surface area contributed by atoms with Crippen molar-refractivity contribution in [1.82, 2.24) is 9.13 Å². The Hall–Kier alpha value is -7.60. The van der Waals surface area contributed by atoms with Gasteiger partial charge in [-0.15, -0.1) is 0 Å². The van der Waals surface area contributed by atoms with Crippen molar-refractivity contribution in [2.24, 2.45) is 0 Å². The molecular weight excluding hydrogens is 647 g/mol. The van der Waals surface area contributed by atoms with E-state index >= 15 is 0 Å². The quantitative estimate of drug-likeness (QED) is 0.182. The van der Waals surface area contributed by atoms with Crippen LogP contribution in [0.5, 0.6) is 0 Å². The molecule has 53 heavy (non-hydrogen) atoms. The van der Waals surface area contributed by atoms with Gasteiger partial charge in [-0.3, -0.25) is 0 Å². The SMILES string of the molecule is N#Cc1ccc(-n2c3ccc(N(c4ccccc4)c4ccccc4)cc3c3c4ccccc4ccc32)c(C#N)c1-n1c2ccccc2c2ccccc21. The number of para-hydroxylation sites is 4. The van der Waals surface area contributed by atoms with E-state index in [1.165, 1.54) is 0 Å². The molecule has 10 aromatic rings. The Labute approximate surface area is 305 Å². The van der Waals surface area contributed by atoms with Gasteiger partial charge in [-0.05, 0) is 83.6 Å². The van der Waals surface area contributed by atoms with Crippen LogP contribution in [0.2, 0.25) is 0 Å². The molecule has 0 atom stereocenters. The Balaban J connectivity index is 1.31. The third kappa shape index (κ3) is 4.55. The minimum atomic E-state index is 0.432. The van der Waals surface area contributed by atoms with Crippen molar-refractivity contribution in [3.05, 3.63) is 187 Å². The van der Waals surface area contributed by atoms with Crippen LogP contribution in [0, 0.1) is 22.7 Å². The van der Waals surface area contributed by atoms with Crippen molar-refractivity contribution < 1.29 is 0 Å². The van der Waals surface area contributed by atoms with Crippen molar-refractivity contribution in [2.45, 2.75) is 0 Å². The minimum absolute atomic E-state index is 0.432. The molecule has 2 heterocycles. The molecule has 0 bridgehead atoms. The first-order chi connectivity index (χ1) is 26.2. The molecule has 0 aliphatic rings. The summed E-state index contributed by atoms with van der Waals surface area (Å²) in [6.07, 6.45) is 0. The van der Waals surface area contributed by atoms with Crippen molar-refractivity contribution in [1.29, 1.82) is 10.5 Å². The normalized spacial score (nSPS) is 11.4. The van der Waals surface area contributed by atoms with E-state index in [9.17, 15) is 10.5 Å². The second-order valence-corrected chi connectivity index (χ2v) is 13.2. The molecule has 0 saturated carbocycles. The van der Waals surface area contributed by atoms with Gasteiger partial charge in [0.05, 0.1) is 39.0 Å². The van der Waals surface area contributed by atoms with Crippen molar-refractivity contribution in [3.63, 3.8) is 0 Å². The van der Waals surface area contributed by atoms with Gasteiger partial charge in [0, 0.05) is 38.6 Å². The minimum Gasteiger partial charge on any atom is -0.310 e. The van der Waals surface area contributed by atoms with E-state index in [0.29, 0.717) is 16.8 Å². The van der Waals surface area contributed by atoms with Crippen molar-refractivity contribution >= 4 is 71.4 Å². The maximum atomic E-state index is 11.2. The van der Waals surface area contributed by atoms with Crippen LogP contribution >= 0.6 is 0 Å². The van der Waals surface area contributed by atoms with Gasteiger partial charge in [-0.1, -0.05) is 103 Å². The van der Waals surface area contributed by atoms with E-state index in [1.54, 1.807) is 0 Å². The molecular formula is C48H29N5. The molecule has 10 rings (SSSR count). The molecule has 0 aliphatic heterocycles. The summed E-state index contributed by atoms with van der Waals surface area (Å²) in [5.74, 6) is 0. The van der Waals surface area contributed by atoms with Gasteiger partial charge in [0.15, 0.2) is 0 Å². The molecule has 5 nitrogen and oxygen atoms in total. The van der Waals surface area contributed by atoms with E-state index in [1.807, 2.05) is 48.5 Å². The number of anilines is 3. The van der Waals surface area contributed by atoms with Gasteiger partial charge >= 0.3 is 0 Å². The number of benzene rings is 8. The van der Waals surface area contributed by atoms with Crippen LogP contribution in [0.1, 0.15) is 11.1 Å². The Morgan fingerprint density at radius 2 is 0.981 bits per heavy atom. The van der Waals surface area contributed by atoms with Crippen LogP contribution in [0.25, 0.3) is 65.8 Å². The molecule has 5 heteroatoms. The molecule has 0 saturated heterocycles. The number of fused-ring (bicyclic) bond motifs is 8. The lowest BCUT2D eigenvalue weighted by molar-refractivity contribution is 1.11. The maximum absolute atomic E-state index is 11.2. The highest BCUT2D eigenvalue weighted by Crippen LogP contribution is 2.43. The summed E-state index contributed by atoms with van der Waals surface area (Å²) < 4.78 is 4.29. The average molecular weight is 676 g/mol. The second-order valence-electron chi connectivity index (χ2n) is 13.2. The molecule has 8 aromatic carbocycles. The zero-order valence-corrected chi connectivity index (χ0v) is 28.5. The van der Waals surface area contributed by atoms with Crippen LogP contribution in [-0.2, 0) is 0 Å². The topological polar surface area (TPSA) is 60.7 Å². The summed E-state index contributed by atoms with van der Waals surface area (Å²) in [5, 5.41) is 28.3. The summed E-state index contributed by atoms with van der Waals surface area (Å²) in [6, 6.07) is 65.4. The van der Waals surface area contributed by atoms with Gasteiger partial charge in [0.2, 0.25) is 0 Å². The molecule has 0 fully saturated rings. The van der Waals surface area contributed by atoms with Crippen LogP contribution < -0.4 is 4.90 Å². The summed E-state index contributed by atoms with van der Waals surface area (Å²) in [4.78, 5) is 2.27. The van der Waals surface area contributed by atoms with Gasteiger partial charge in [-0.25, -0.2) is 0 Å². The van der Waals surface area contributed by atoms with Crippen LogP contribution in [-0.4, -0.2) is 9.13 Å². The van der Waals surface area contributed by atoms with E-state index in [4.69, 9.17) is 0 Å². The molecule has 0 radical (unpaired) electrons.